The number of ether oxygens (including phenoxy) is 1. The molecule has 0 aliphatic heterocycles. The van der Waals surface area contributed by atoms with Crippen molar-refractivity contribution < 1.29 is 31.1 Å². The lowest BCUT2D eigenvalue weighted by atomic mass is 10.2. The third-order valence-corrected chi connectivity index (χ3v) is 7.09. The summed E-state index contributed by atoms with van der Waals surface area (Å²) in [4.78, 5) is 14.7. The van der Waals surface area contributed by atoms with Crippen molar-refractivity contribution >= 4 is 15.9 Å². The summed E-state index contributed by atoms with van der Waals surface area (Å²) in [5, 5.41) is 0. The van der Waals surface area contributed by atoms with Crippen LogP contribution in [0.5, 0.6) is 0 Å². The molecule has 0 spiro atoms. The summed E-state index contributed by atoms with van der Waals surface area (Å²) in [6, 6.07) is 13.6. The van der Waals surface area contributed by atoms with Gasteiger partial charge in [0.1, 0.15) is 17.4 Å². The minimum Gasteiger partial charge on any atom is -0.467 e. The molecule has 0 radical (unpaired) electrons. The number of furan rings is 1. The molecule has 1 aromatic heterocycles. The minimum absolute atomic E-state index is 0.0383. The molecule has 3 rings (SSSR count). The smallest absolute Gasteiger partial charge is 0.243 e. The molecule has 0 saturated carbocycles. The van der Waals surface area contributed by atoms with E-state index in [2.05, 4.69) is 0 Å². The van der Waals surface area contributed by atoms with Gasteiger partial charge in [-0.15, -0.1) is 0 Å². The van der Waals surface area contributed by atoms with Crippen LogP contribution < -0.4 is 0 Å². The van der Waals surface area contributed by atoms with Crippen LogP contribution in [0.1, 0.15) is 24.7 Å². The number of sulfonamides is 1. The predicted octanol–water partition coefficient (Wildman–Crippen LogP) is 4.20. The predicted molar refractivity (Wildman–Crippen MR) is 126 cm³/mol. The summed E-state index contributed by atoms with van der Waals surface area (Å²) < 4.78 is 65.1. The van der Waals surface area contributed by atoms with Crippen LogP contribution in [0.4, 0.5) is 8.78 Å². The van der Waals surface area contributed by atoms with Crippen molar-refractivity contribution in [3.8, 4) is 0 Å². The third-order valence-electron chi connectivity index (χ3n) is 5.23. The number of hydrogen-bond donors (Lipinski definition) is 0. The molecule has 0 bridgehead atoms. The van der Waals surface area contributed by atoms with E-state index in [0.717, 1.165) is 16.4 Å². The van der Waals surface area contributed by atoms with Crippen molar-refractivity contribution in [2.24, 2.45) is 0 Å². The summed E-state index contributed by atoms with van der Waals surface area (Å²) >= 11 is 0. The molecule has 0 saturated heterocycles. The summed E-state index contributed by atoms with van der Waals surface area (Å²) in [5.74, 6) is -0.909. The van der Waals surface area contributed by atoms with Crippen LogP contribution in [0.3, 0.4) is 0 Å². The Morgan fingerprint density at radius 2 is 1.63 bits per heavy atom. The fraction of sp³-hybridized carbons (Fsp3) is 0.320. The van der Waals surface area contributed by atoms with E-state index in [0.29, 0.717) is 31.0 Å². The standard InChI is InChI=1S/C25H28F2N2O5S/c1-2-33-15-4-14-29(35(31,32)24-12-10-22(27)11-13-24)19-25(30)28(18-23-5-3-16-34-23)17-20-6-8-21(26)9-7-20/h3,5-13,16H,2,4,14-15,17-19H2,1H3. The number of halogens is 2. The van der Waals surface area contributed by atoms with E-state index < -0.39 is 34.1 Å². The number of benzene rings is 2. The van der Waals surface area contributed by atoms with Gasteiger partial charge in [-0.2, -0.15) is 4.31 Å². The minimum atomic E-state index is -4.08. The van der Waals surface area contributed by atoms with E-state index in [9.17, 15) is 22.0 Å². The van der Waals surface area contributed by atoms with Crippen molar-refractivity contribution in [1.29, 1.82) is 0 Å². The summed E-state index contributed by atoms with van der Waals surface area (Å²) in [6.45, 7) is 2.47. The Morgan fingerprint density at radius 1 is 0.971 bits per heavy atom. The van der Waals surface area contributed by atoms with E-state index in [-0.39, 0.29) is 24.5 Å². The van der Waals surface area contributed by atoms with E-state index >= 15 is 0 Å². The molecule has 7 nitrogen and oxygen atoms in total. The van der Waals surface area contributed by atoms with Gasteiger partial charge in [-0.3, -0.25) is 4.79 Å². The maximum Gasteiger partial charge on any atom is 0.243 e. The second kappa shape index (κ2) is 12.6. The molecule has 3 aromatic rings. The number of amides is 1. The van der Waals surface area contributed by atoms with Crippen LogP contribution in [0.25, 0.3) is 0 Å². The molecular formula is C25H28F2N2O5S. The van der Waals surface area contributed by atoms with E-state index in [1.807, 2.05) is 6.92 Å². The Hall–Kier alpha value is -3.08. The Kier molecular flexibility index (Phi) is 9.53. The van der Waals surface area contributed by atoms with Gasteiger partial charge in [-0.05, 0) is 67.4 Å². The highest BCUT2D eigenvalue weighted by molar-refractivity contribution is 7.89. The van der Waals surface area contributed by atoms with Gasteiger partial charge in [0, 0.05) is 26.3 Å². The van der Waals surface area contributed by atoms with Gasteiger partial charge < -0.3 is 14.1 Å². The van der Waals surface area contributed by atoms with Gasteiger partial charge in [-0.1, -0.05) is 12.1 Å². The summed E-state index contributed by atoms with van der Waals surface area (Å²) in [5.41, 5.74) is 0.676. The third kappa shape index (κ3) is 7.71. The first-order valence-electron chi connectivity index (χ1n) is 11.2. The zero-order valence-electron chi connectivity index (χ0n) is 19.4. The Morgan fingerprint density at radius 3 is 2.23 bits per heavy atom. The Bertz CT molecular complexity index is 1170. The largest absolute Gasteiger partial charge is 0.467 e. The number of hydrogen-bond acceptors (Lipinski definition) is 5. The average molecular weight is 507 g/mol. The van der Waals surface area contributed by atoms with Gasteiger partial charge >= 0.3 is 0 Å². The lowest BCUT2D eigenvalue weighted by Crippen LogP contribution is -2.43. The van der Waals surface area contributed by atoms with Crippen molar-refractivity contribution in [3.63, 3.8) is 0 Å². The molecule has 0 aliphatic rings. The molecule has 1 amide bonds. The Balaban J connectivity index is 1.84. The van der Waals surface area contributed by atoms with Crippen molar-refractivity contribution in [2.75, 3.05) is 26.3 Å². The quantitative estimate of drug-likeness (QED) is 0.325. The van der Waals surface area contributed by atoms with Gasteiger partial charge in [0.25, 0.3) is 0 Å². The van der Waals surface area contributed by atoms with Gasteiger partial charge in [0.2, 0.25) is 15.9 Å². The molecule has 0 atom stereocenters. The second-order valence-electron chi connectivity index (χ2n) is 7.80. The Labute approximate surface area is 204 Å². The van der Waals surface area contributed by atoms with Crippen LogP contribution in [-0.4, -0.2) is 49.8 Å². The van der Waals surface area contributed by atoms with E-state index in [4.69, 9.17) is 9.15 Å². The molecule has 0 N–H and O–H groups in total. The van der Waals surface area contributed by atoms with Gasteiger partial charge in [0.05, 0.1) is 24.2 Å². The molecule has 35 heavy (non-hydrogen) atoms. The van der Waals surface area contributed by atoms with Crippen LogP contribution in [0, 0.1) is 11.6 Å². The maximum atomic E-state index is 13.4. The molecule has 188 valence electrons. The lowest BCUT2D eigenvalue weighted by Gasteiger charge is -2.27. The molecule has 0 aliphatic carbocycles. The molecule has 2 aromatic carbocycles. The lowest BCUT2D eigenvalue weighted by molar-refractivity contribution is -0.133. The first kappa shape index (κ1) is 26.5. The molecule has 10 heteroatoms. The normalized spacial score (nSPS) is 11.7. The first-order chi connectivity index (χ1) is 16.8. The molecular weight excluding hydrogens is 478 g/mol. The average Bonchev–Trinajstić information content (AvgIpc) is 3.35. The zero-order chi connectivity index (χ0) is 25.3. The summed E-state index contributed by atoms with van der Waals surface area (Å²) in [7, 11) is -4.08. The highest BCUT2D eigenvalue weighted by Crippen LogP contribution is 2.19. The zero-order valence-corrected chi connectivity index (χ0v) is 20.2. The van der Waals surface area contributed by atoms with Crippen LogP contribution >= 0.6 is 0 Å². The topological polar surface area (TPSA) is 80.1 Å². The number of carbonyl (C=O) groups is 1. The fourth-order valence-electron chi connectivity index (χ4n) is 3.41. The van der Waals surface area contributed by atoms with Crippen LogP contribution in [-0.2, 0) is 32.6 Å². The molecule has 1 heterocycles. The fourth-order valence-corrected chi connectivity index (χ4v) is 4.84. The maximum absolute atomic E-state index is 13.4. The monoisotopic (exact) mass is 506 g/mol. The van der Waals surface area contributed by atoms with Gasteiger partial charge in [-0.25, -0.2) is 17.2 Å². The van der Waals surface area contributed by atoms with Crippen molar-refractivity contribution in [1.82, 2.24) is 9.21 Å². The molecule has 0 unspecified atom stereocenters. The first-order valence-corrected chi connectivity index (χ1v) is 12.6. The SMILES string of the molecule is CCOCCCN(CC(=O)N(Cc1ccc(F)cc1)Cc1ccco1)S(=O)(=O)c1ccc(F)cc1. The second-order valence-corrected chi connectivity index (χ2v) is 9.74. The number of carbonyl (C=O) groups excluding carboxylic acids is 1. The number of nitrogens with zero attached hydrogens (tertiary/aromatic N) is 2. The van der Waals surface area contributed by atoms with Crippen molar-refractivity contribution in [2.45, 2.75) is 31.3 Å². The molecule has 0 fully saturated rings. The highest BCUT2D eigenvalue weighted by atomic mass is 32.2. The van der Waals surface area contributed by atoms with E-state index in [1.165, 1.54) is 35.4 Å². The van der Waals surface area contributed by atoms with E-state index in [1.54, 1.807) is 24.3 Å². The van der Waals surface area contributed by atoms with Crippen LogP contribution in [0.15, 0.2) is 76.2 Å². The summed E-state index contributed by atoms with van der Waals surface area (Å²) in [6.07, 6.45) is 1.85. The van der Waals surface area contributed by atoms with Crippen LogP contribution in [0.2, 0.25) is 0 Å². The number of rotatable bonds is 13. The van der Waals surface area contributed by atoms with Crippen molar-refractivity contribution in [3.05, 3.63) is 89.9 Å². The highest BCUT2D eigenvalue weighted by Gasteiger charge is 2.29. The van der Waals surface area contributed by atoms with Gasteiger partial charge in [0.15, 0.2) is 0 Å².